The number of aliphatic imine (C=N–C) groups is 1. The van der Waals surface area contributed by atoms with Crippen molar-refractivity contribution in [1.29, 1.82) is 0 Å². The molecule has 1 saturated heterocycles. The van der Waals surface area contributed by atoms with Crippen LogP contribution >= 0.6 is 24.0 Å². The summed E-state index contributed by atoms with van der Waals surface area (Å²) in [5, 5.41) is 10.4. The Hall–Kier alpha value is -0.900. The highest BCUT2D eigenvalue weighted by Crippen LogP contribution is 2.16. The second kappa shape index (κ2) is 15.0. The van der Waals surface area contributed by atoms with Crippen LogP contribution in [0.5, 0.6) is 0 Å². The quantitative estimate of drug-likeness (QED) is 0.165. The third kappa shape index (κ3) is 10.9. The molecule has 30 heavy (non-hydrogen) atoms. The fraction of sp³-hybridized carbons (Fsp3) is 0.696. The predicted molar refractivity (Wildman–Crippen MR) is 136 cm³/mol. The molecule has 2 rings (SSSR count). The monoisotopic (exact) mass is 532 g/mol. The second-order valence-corrected chi connectivity index (χ2v) is 8.35. The number of hydrogen-bond acceptors (Lipinski definition) is 4. The first-order chi connectivity index (χ1) is 14.0. The molecular weight excluding hydrogens is 491 g/mol. The zero-order chi connectivity index (χ0) is 21.0. The Labute approximate surface area is 200 Å². The van der Waals surface area contributed by atoms with E-state index in [2.05, 4.69) is 67.9 Å². The summed E-state index contributed by atoms with van der Waals surface area (Å²) in [6.45, 7) is 13.4. The van der Waals surface area contributed by atoms with Gasteiger partial charge >= 0.3 is 0 Å². The van der Waals surface area contributed by atoms with Crippen LogP contribution in [0.1, 0.15) is 58.6 Å². The van der Waals surface area contributed by atoms with Crippen LogP contribution in [0.3, 0.4) is 0 Å². The van der Waals surface area contributed by atoms with E-state index in [0.29, 0.717) is 19.3 Å². The molecule has 0 bridgehead atoms. The first-order valence-corrected chi connectivity index (χ1v) is 11.0. The highest BCUT2D eigenvalue weighted by molar-refractivity contribution is 14.0. The molecule has 1 fully saturated rings. The molecule has 0 aromatic heterocycles. The summed E-state index contributed by atoms with van der Waals surface area (Å²) in [6, 6.07) is 10.8. The topological polar surface area (TPSA) is 66.9 Å². The van der Waals surface area contributed by atoms with Gasteiger partial charge in [-0.15, -0.1) is 24.0 Å². The van der Waals surface area contributed by atoms with E-state index >= 15 is 0 Å². The molecule has 0 aliphatic carbocycles. The van der Waals surface area contributed by atoms with Gasteiger partial charge in [0.1, 0.15) is 0 Å². The van der Waals surface area contributed by atoms with Gasteiger partial charge in [0.2, 0.25) is 0 Å². The van der Waals surface area contributed by atoms with Gasteiger partial charge in [0.15, 0.2) is 5.96 Å². The van der Waals surface area contributed by atoms with Gasteiger partial charge in [0.05, 0.1) is 19.3 Å². The average molecular weight is 533 g/mol. The van der Waals surface area contributed by atoms with Crippen molar-refractivity contribution in [2.75, 3.05) is 39.5 Å². The highest BCUT2D eigenvalue weighted by atomic mass is 127. The maximum atomic E-state index is 5.72. The van der Waals surface area contributed by atoms with Crippen molar-refractivity contribution < 1.29 is 9.47 Å². The van der Waals surface area contributed by atoms with Gasteiger partial charge < -0.3 is 25.4 Å². The van der Waals surface area contributed by atoms with Crippen LogP contribution in [0.25, 0.3) is 0 Å². The lowest BCUT2D eigenvalue weighted by Gasteiger charge is -2.29. The molecule has 1 aromatic rings. The lowest BCUT2D eigenvalue weighted by Crippen LogP contribution is -2.45. The van der Waals surface area contributed by atoms with Gasteiger partial charge in [-0.1, -0.05) is 30.3 Å². The number of halogens is 1. The molecule has 0 saturated carbocycles. The van der Waals surface area contributed by atoms with Crippen molar-refractivity contribution in [2.45, 2.75) is 64.6 Å². The molecule has 0 radical (unpaired) electrons. The summed E-state index contributed by atoms with van der Waals surface area (Å²) >= 11 is 0. The molecule has 1 aromatic carbocycles. The molecule has 2 unspecified atom stereocenters. The predicted octanol–water partition coefficient (Wildman–Crippen LogP) is 3.87. The molecule has 0 spiro atoms. The highest BCUT2D eigenvalue weighted by Gasteiger charge is 2.20. The van der Waals surface area contributed by atoms with Crippen LogP contribution < -0.4 is 16.0 Å². The molecule has 2 atom stereocenters. The van der Waals surface area contributed by atoms with Crippen molar-refractivity contribution in [2.24, 2.45) is 4.99 Å². The average Bonchev–Trinajstić information content (AvgIpc) is 3.22. The summed E-state index contributed by atoms with van der Waals surface area (Å²) in [7, 11) is 0. The second-order valence-electron chi connectivity index (χ2n) is 8.35. The van der Waals surface area contributed by atoms with E-state index in [1.54, 1.807) is 0 Å². The molecule has 1 heterocycles. The van der Waals surface area contributed by atoms with Crippen molar-refractivity contribution in [3.63, 3.8) is 0 Å². The maximum Gasteiger partial charge on any atom is 0.191 e. The van der Waals surface area contributed by atoms with Crippen LogP contribution in [0.4, 0.5) is 0 Å². The Bertz CT molecular complexity index is 592. The van der Waals surface area contributed by atoms with Crippen molar-refractivity contribution in [3.05, 3.63) is 35.9 Å². The maximum absolute atomic E-state index is 5.72. The number of benzene rings is 1. The summed E-state index contributed by atoms with van der Waals surface area (Å²) in [5.74, 6) is 0.855. The molecule has 172 valence electrons. The summed E-state index contributed by atoms with van der Waals surface area (Å²) in [6.07, 6.45) is 3.54. The molecule has 0 amide bonds. The van der Waals surface area contributed by atoms with Crippen LogP contribution in [-0.4, -0.2) is 57.1 Å². The van der Waals surface area contributed by atoms with Gasteiger partial charge in [0, 0.05) is 37.9 Å². The van der Waals surface area contributed by atoms with E-state index in [9.17, 15) is 0 Å². The molecule has 1 aliphatic rings. The Kier molecular flexibility index (Phi) is 13.6. The van der Waals surface area contributed by atoms with Crippen molar-refractivity contribution in [3.8, 4) is 0 Å². The van der Waals surface area contributed by atoms with E-state index in [1.807, 2.05) is 6.07 Å². The minimum atomic E-state index is -0.109. The Balaban J connectivity index is 0.00000450. The number of guanidine groups is 1. The van der Waals surface area contributed by atoms with E-state index < -0.39 is 0 Å². The number of hydrogen-bond donors (Lipinski definition) is 3. The van der Waals surface area contributed by atoms with Gasteiger partial charge in [-0.3, -0.25) is 4.99 Å². The largest absolute Gasteiger partial charge is 0.379 e. The first-order valence-electron chi connectivity index (χ1n) is 11.0. The summed E-state index contributed by atoms with van der Waals surface area (Å²) in [5.41, 5.74) is 1.18. The van der Waals surface area contributed by atoms with Gasteiger partial charge in [-0.25, -0.2) is 0 Å². The zero-order valence-electron chi connectivity index (χ0n) is 19.1. The van der Waals surface area contributed by atoms with Gasteiger partial charge in [-0.05, 0) is 52.5 Å². The molecule has 3 N–H and O–H groups in total. The van der Waals surface area contributed by atoms with Crippen LogP contribution in [0, 0.1) is 0 Å². The zero-order valence-corrected chi connectivity index (χ0v) is 21.4. The van der Waals surface area contributed by atoms with E-state index in [4.69, 9.17) is 14.5 Å². The van der Waals surface area contributed by atoms with E-state index in [-0.39, 0.29) is 35.6 Å². The van der Waals surface area contributed by atoms with Crippen LogP contribution in [0.15, 0.2) is 35.3 Å². The van der Waals surface area contributed by atoms with Crippen LogP contribution in [0.2, 0.25) is 0 Å². The van der Waals surface area contributed by atoms with E-state index in [1.165, 1.54) is 5.56 Å². The third-order valence-electron chi connectivity index (χ3n) is 4.97. The fourth-order valence-corrected chi connectivity index (χ4v) is 3.45. The lowest BCUT2D eigenvalue weighted by atomic mass is 10.0. The first kappa shape index (κ1) is 27.1. The van der Waals surface area contributed by atoms with Crippen molar-refractivity contribution >= 4 is 29.9 Å². The van der Waals surface area contributed by atoms with E-state index in [0.717, 1.165) is 51.5 Å². The fourth-order valence-electron chi connectivity index (χ4n) is 3.45. The molecule has 7 heteroatoms. The number of nitrogens with one attached hydrogen (secondary N) is 3. The van der Waals surface area contributed by atoms with Gasteiger partial charge in [-0.2, -0.15) is 0 Å². The van der Waals surface area contributed by atoms with Gasteiger partial charge in [0.25, 0.3) is 0 Å². The minimum Gasteiger partial charge on any atom is -0.379 e. The smallest absolute Gasteiger partial charge is 0.191 e. The Morgan fingerprint density at radius 2 is 2.03 bits per heavy atom. The minimum absolute atomic E-state index is 0. The SMILES string of the molecule is CCNC(=NCC(C)(C)NC(C)c1ccccc1)NCCCOCC1CCCO1.I. The summed E-state index contributed by atoms with van der Waals surface area (Å²) in [4.78, 5) is 4.78. The Morgan fingerprint density at radius 3 is 2.70 bits per heavy atom. The summed E-state index contributed by atoms with van der Waals surface area (Å²) < 4.78 is 11.3. The van der Waals surface area contributed by atoms with Crippen molar-refractivity contribution in [1.82, 2.24) is 16.0 Å². The number of rotatable bonds is 12. The number of nitrogens with zero attached hydrogens (tertiary/aromatic N) is 1. The van der Waals surface area contributed by atoms with Crippen LogP contribution in [-0.2, 0) is 9.47 Å². The molecule has 1 aliphatic heterocycles. The number of ether oxygens (including phenoxy) is 2. The standard InChI is InChI=1S/C23H40N4O2.HI/c1-5-24-22(25-14-10-15-28-17-21-13-9-16-29-21)26-18-23(3,4)27-19(2)20-11-7-6-8-12-20;/h6-8,11-12,19,21,27H,5,9-10,13-18H2,1-4H3,(H2,24,25,26);1H. The molecular formula is C23H41IN4O2. The Morgan fingerprint density at radius 1 is 1.27 bits per heavy atom. The third-order valence-corrected chi connectivity index (χ3v) is 4.97. The lowest BCUT2D eigenvalue weighted by molar-refractivity contribution is 0.0168. The molecule has 6 nitrogen and oxygen atoms in total. The normalized spacial score (nSPS) is 18.0.